The Morgan fingerprint density at radius 2 is 1.93 bits per heavy atom. The zero-order chi connectivity index (χ0) is 20.1. The number of benzene rings is 2. The van der Waals surface area contributed by atoms with Gasteiger partial charge in [0.2, 0.25) is 0 Å². The van der Waals surface area contributed by atoms with Crippen molar-refractivity contribution in [1.29, 1.82) is 0 Å². The fourth-order valence-electron chi connectivity index (χ4n) is 2.39. The average Bonchev–Trinajstić information content (AvgIpc) is 3.13. The lowest BCUT2D eigenvalue weighted by Gasteiger charge is -2.13. The number of esters is 1. The molecule has 5 nitrogen and oxygen atoms in total. The zero-order valence-electron chi connectivity index (χ0n) is 14.8. The summed E-state index contributed by atoms with van der Waals surface area (Å²) in [6.45, 7) is 1.50. The number of hydrogen-bond donors (Lipinski definition) is 1. The molecule has 1 N–H and O–H groups in total. The highest BCUT2D eigenvalue weighted by Gasteiger charge is 2.20. The molecule has 0 fully saturated rings. The van der Waals surface area contributed by atoms with Crippen LogP contribution in [-0.2, 0) is 20.7 Å². The number of carbonyl (C=O) groups excluding carboxylic acids is 2. The monoisotopic (exact) mass is 434 g/mol. The molecule has 2 aromatic carbocycles. The number of aromatic nitrogens is 1. The average molecular weight is 435 g/mol. The number of nitrogens with one attached hydrogen (secondary N) is 1. The Hall–Kier alpha value is -2.41. The number of amides is 1. The normalized spacial score (nSPS) is 11.7. The fourth-order valence-corrected chi connectivity index (χ4v) is 3.59. The lowest BCUT2D eigenvalue weighted by atomic mass is 10.1. The third-order valence-corrected chi connectivity index (χ3v) is 5.18. The first-order valence-corrected chi connectivity index (χ1v) is 10.0. The number of ether oxygens (including phenoxy) is 1. The standard InChI is InChI=1S/C20H16Cl2N2O3S/c1-12(27-18(25)9-14-7-8-15(21)10-16(14)22)19(26)24-20-23-17(11-28-20)13-5-3-2-4-6-13/h2-8,10-12H,9H2,1H3,(H,23,24,26). The lowest BCUT2D eigenvalue weighted by molar-refractivity contribution is -0.152. The van der Waals surface area contributed by atoms with E-state index in [9.17, 15) is 9.59 Å². The van der Waals surface area contributed by atoms with Crippen LogP contribution in [0, 0.1) is 0 Å². The van der Waals surface area contributed by atoms with Crippen molar-refractivity contribution in [3.05, 3.63) is 69.5 Å². The Bertz CT molecular complexity index is 992. The topological polar surface area (TPSA) is 68.3 Å². The first kappa shape index (κ1) is 20.3. The van der Waals surface area contributed by atoms with Gasteiger partial charge in [0.15, 0.2) is 11.2 Å². The van der Waals surface area contributed by atoms with Gasteiger partial charge < -0.3 is 4.74 Å². The largest absolute Gasteiger partial charge is 0.452 e. The van der Waals surface area contributed by atoms with Gasteiger partial charge in [0, 0.05) is 21.0 Å². The Balaban J connectivity index is 1.56. The Kier molecular flexibility index (Phi) is 6.67. The molecule has 1 amide bonds. The maximum atomic E-state index is 12.3. The van der Waals surface area contributed by atoms with Crippen molar-refractivity contribution in [3.63, 3.8) is 0 Å². The van der Waals surface area contributed by atoms with Crippen LogP contribution in [-0.4, -0.2) is 23.0 Å². The van der Waals surface area contributed by atoms with E-state index in [4.69, 9.17) is 27.9 Å². The summed E-state index contributed by atoms with van der Waals surface area (Å²) in [4.78, 5) is 28.8. The molecule has 0 saturated carbocycles. The van der Waals surface area contributed by atoms with Crippen molar-refractivity contribution in [2.24, 2.45) is 0 Å². The van der Waals surface area contributed by atoms with E-state index in [2.05, 4.69) is 10.3 Å². The summed E-state index contributed by atoms with van der Waals surface area (Å²) >= 11 is 13.2. The van der Waals surface area contributed by atoms with Crippen LogP contribution in [0.25, 0.3) is 11.3 Å². The van der Waals surface area contributed by atoms with Crippen LogP contribution in [0.15, 0.2) is 53.9 Å². The Morgan fingerprint density at radius 1 is 1.18 bits per heavy atom. The summed E-state index contributed by atoms with van der Waals surface area (Å²) in [5.74, 6) is -1.01. The number of thiazole rings is 1. The van der Waals surface area contributed by atoms with Gasteiger partial charge in [-0.25, -0.2) is 4.98 Å². The van der Waals surface area contributed by atoms with Gasteiger partial charge >= 0.3 is 5.97 Å². The van der Waals surface area contributed by atoms with Crippen molar-refractivity contribution >= 4 is 51.5 Å². The van der Waals surface area contributed by atoms with Crippen molar-refractivity contribution in [1.82, 2.24) is 4.98 Å². The van der Waals surface area contributed by atoms with Crippen molar-refractivity contribution in [3.8, 4) is 11.3 Å². The minimum absolute atomic E-state index is 0.0526. The highest BCUT2D eigenvalue weighted by Crippen LogP contribution is 2.25. The fraction of sp³-hybridized carbons (Fsp3) is 0.150. The summed E-state index contributed by atoms with van der Waals surface area (Å²) in [5.41, 5.74) is 2.30. The van der Waals surface area contributed by atoms with E-state index < -0.39 is 18.0 Å². The molecule has 28 heavy (non-hydrogen) atoms. The van der Waals surface area contributed by atoms with Crippen molar-refractivity contribution in [2.75, 3.05) is 5.32 Å². The molecule has 0 aliphatic rings. The van der Waals surface area contributed by atoms with Gasteiger partial charge in [0.25, 0.3) is 5.91 Å². The van der Waals surface area contributed by atoms with Gasteiger partial charge in [-0.05, 0) is 24.6 Å². The molecule has 1 aromatic heterocycles. The summed E-state index contributed by atoms with van der Waals surface area (Å²) in [7, 11) is 0. The minimum Gasteiger partial charge on any atom is -0.452 e. The first-order valence-electron chi connectivity index (χ1n) is 8.37. The second kappa shape index (κ2) is 9.19. The van der Waals surface area contributed by atoms with E-state index >= 15 is 0 Å². The van der Waals surface area contributed by atoms with Crippen LogP contribution < -0.4 is 5.32 Å². The van der Waals surface area contributed by atoms with Crippen molar-refractivity contribution < 1.29 is 14.3 Å². The van der Waals surface area contributed by atoms with E-state index in [1.54, 1.807) is 18.2 Å². The van der Waals surface area contributed by atoms with Crippen LogP contribution in [0.3, 0.4) is 0 Å². The Labute approximate surface area is 176 Å². The molecule has 1 atom stereocenters. The number of rotatable bonds is 6. The van der Waals surface area contributed by atoms with Gasteiger partial charge in [0.1, 0.15) is 0 Å². The predicted molar refractivity (Wildman–Crippen MR) is 112 cm³/mol. The third-order valence-electron chi connectivity index (χ3n) is 3.83. The molecule has 0 spiro atoms. The molecule has 3 rings (SSSR count). The minimum atomic E-state index is -0.970. The second-order valence-corrected chi connectivity index (χ2v) is 7.64. The number of nitrogens with zero attached hydrogens (tertiary/aromatic N) is 1. The van der Waals surface area contributed by atoms with E-state index in [-0.39, 0.29) is 6.42 Å². The SMILES string of the molecule is CC(OC(=O)Cc1ccc(Cl)cc1Cl)C(=O)Nc1nc(-c2ccccc2)cs1. The smallest absolute Gasteiger partial charge is 0.311 e. The first-order chi connectivity index (χ1) is 13.4. The van der Waals surface area contributed by atoms with E-state index in [1.807, 2.05) is 35.7 Å². The van der Waals surface area contributed by atoms with E-state index in [1.165, 1.54) is 18.3 Å². The number of halogens is 2. The van der Waals surface area contributed by atoms with Gasteiger partial charge in [0.05, 0.1) is 12.1 Å². The van der Waals surface area contributed by atoms with E-state index in [0.717, 1.165) is 11.3 Å². The number of carbonyl (C=O) groups is 2. The molecule has 8 heteroatoms. The van der Waals surface area contributed by atoms with Crippen LogP contribution in [0.5, 0.6) is 0 Å². The van der Waals surface area contributed by atoms with Gasteiger partial charge in [-0.15, -0.1) is 11.3 Å². The molecular formula is C20H16Cl2N2O3S. The Morgan fingerprint density at radius 3 is 2.64 bits per heavy atom. The number of anilines is 1. The summed E-state index contributed by atoms with van der Waals surface area (Å²) in [6.07, 6.45) is -1.02. The van der Waals surface area contributed by atoms with Gasteiger partial charge in [-0.1, -0.05) is 59.6 Å². The summed E-state index contributed by atoms with van der Waals surface area (Å²) in [6, 6.07) is 14.5. The predicted octanol–water partition coefficient (Wildman–Crippen LogP) is 5.23. The maximum Gasteiger partial charge on any atom is 0.311 e. The summed E-state index contributed by atoms with van der Waals surface area (Å²) < 4.78 is 5.20. The summed E-state index contributed by atoms with van der Waals surface area (Å²) in [5, 5.41) is 5.81. The maximum absolute atomic E-state index is 12.3. The molecule has 144 valence electrons. The molecule has 0 aliphatic heterocycles. The zero-order valence-corrected chi connectivity index (χ0v) is 17.1. The van der Waals surface area contributed by atoms with Crippen LogP contribution in [0.4, 0.5) is 5.13 Å². The molecule has 0 saturated heterocycles. The molecule has 0 radical (unpaired) electrons. The molecule has 1 heterocycles. The molecule has 0 aliphatic carbocycles. The molecule has 0 bridgehead atoms. The van der Waals surface area contributed by atoms with Crippen LogP contribution >= 0.6 is 34.5 Å². The third kappa shape index (κ3) is 5.32. The quantitative estimate of drug-likeness (QED) is 0.539. The van der Waals surface area contributed by atoms with Gasteiger partial charge in [-0.3, -0.25) is 14.9 Å². The molecule has 3 aromatic rings. The van der Waals surface area contributed by atoms with Gasteiger partial charge in [-0.2, -0.15) is 0 Å². The second-order valence-electron chi connectivity index (χ2n) is 5.94. The lowest BCUT2D eigenvalue weighted by Crippen LogP contribution is -2.30. The number of hydrogen-bond acceptors (Lipinski definition) is 5. The van der Waals surface area contributed by atoms with Crippen LogP contribution in [0.2, 0.25) is 10.0 Å². The molecular weight excluding hydrogens is 419 g/mol. The van der Waals surface area contributed by atoms with Crippen molar-refractivity contribution in [2.45, 2.75) is 19.4 Å². The molecule has 1 unspecified atom stereocenters. The highest BCUT2D eigenvalue weighted by molar-refractivity contribution is 7.14. The van der Waals surface area contributed by atoms with Crippen LogP contribution in [0.1, 0.15) is 12.5 Å². The highest BCUT2D eigenvalue weighted by atomic mass is 35.5. The van der Waals surface area contributed by atoms with E-state index in [0.29, 0.717) is 20.7 Å².